The van der Waals surface area contributed by atoms with Gasteiger partial charge in [-0.2, -0.15) is 5.10 Å². The van der Waals surface area contributed by atoms with Gasteiger partial charge in [0, 0.05) is 0 Å². The van der Waals surface area contributed by atoms with Gasteiger partial charge in [0.05, 0.1) is 11.9 Å². The lowest BCUT2D eigenvalue weighted by Gasteiger charge is -2.07. The topological polar surface area (TPSA) is 69.6 Å². The first-order valence-electron chi connectivity index (χ1n) is 4.90. The van der Waals surface area contributed by atoms with Crippen molar-refractivity contribution in [1.29, 1.82) is 0 Å². The predicted molar refractivity (Wildman–Crippen MR) is 57.6 cm³/mol. The molecule has 0 aromatic carbocycles. The number of nitrogen functional groups attached to an aromatic ring is 1. The Labute approximate surface area is 88.0 Å². The van der Waals surface area contributed by atoms with E-state index in [2.05, 4.69) is 22.0 Å². The van der Waals surface area contributed by atoms with Crippen LogP contribution in [0.1, 0.15) is 18.9 Å². The van der Waals surface area contributed by atoms with Crippen molar-refractivity contribution in [2.75, 3.05) is 5.73 Å². The molecule has 2 aromatic rings. The zero-order chi connectivity index (χ0) is 10.7. The van der Waals surface area contributed by atoms with Gasteiger partial charge < -0.3 is 5.73 Å². The van der Waals surface area contributed by atoms with Gasteiger partial charge in [-0.1, -0.05) is 13.3 Å². The average Bonchev–Trinajstić information content (AvgIpc) is 2.71. The third-order valence-electron chi connectivity index (χ3n) is 2.12. The van der Waals surface area contributed by atoms with E-state index in [4.69, 9.17) is 5.73 Å². The maximum Gasteiger partial charge on any atom is 0.158 e. The molecule has 0 fully saturated rings. The van der Waals surface area contributed by atoms with Crippen LogP contribution in [0.3, 0.4) is 0 Å². The average molecular weight is 203 g/mol. The summed E-state index contributed by atoms with van der Waals surface area (Å²) in [6.07, 6.45) is 6.75. The quantitative estimate of drug-likeness (QED) is 0.813. The van der Waals surface area contributed by atoms with Gasteiger partial charge in [-0.3, -0.25) is 0 Å². The van der Waals surface area contributed by atoms with Crippen LogP contribution in [-0.4, -0.2) is 19.7 Å². The number of nitrogens with zero attached hydrogens (tertiary/aromatic N) is 4. The molecule has 2 heterocycles. The Bertz CT molecular complexity index is 435. The molecule has 15 heavy (non-hydrogen) atoms. The van der Waals surface area contributed by atoms with Crippen LogP contribution in [0.5, 0.6) is 0 Å². The van der Waals surface area contributed by atoms with Crippen LogP contribution in [-0.2, 0) is 6.42 Å². The van der Waals surface area contributed by atoms with Crippen molar-refractivity contribution in [3.05, 3.63) is 30.5 Å². The third-order valence-corrected chi connectivity index (χ3v) is 2.12. The molecule has 0 amide bonds. The molecular weight excluding hydrogens is 190 g/mol. The Morgan fingerprint density at radius 3 is 3.00 bits per heavy atom. The molecular formula is C10H13N5. The Kier molecular flexibility index (Phi) is 2.62. The molecule has 2 rings (SSSR count). The van der Waals surface area contributed by atoms with Crippen molar-refractivity contribution in [2.24, 2.45) is 0 Å². The van der Waals surface area contributed by atoms with Gasteiger partial charge in [0.25, 0.3) is 0 Å². The summed E-state index contributed by atoms with van der Waals surface area (Å²) in [5.41, 5.74) is 7.49. The van der Waals surface area contributed by atoms with Gasteiger partial charge >= 0.3 is 0 Å². The van der Waals surface area contributed by atoms with E-state index >= 15 is 0 Å². The summed E-state index contributed by atoms with van der Waals surface area (Å²) in [7, 11) is 0. The van der Waals surface area contributed by atoms with Crippen LogP contribution < -0.4 is 5.73 Å². The lowest BCUT2D eigenvalue weighted by atomic mass is 10.1. The molecule has 78 valence electrons. The Hall–Kier alpha value is -1.91. The van der Waals surface area contributed by atoms with Crippen LogP contribution in [0.2, 0.25) is 0 Å². The number of hydrogen-bond acceptors (Lipinski definition) is 4. The smallest absolute Gasteiger partial charge is 0.158 e. The lowest BCUT2D eigenvalue weighted by molar-refractivity contribution is 0.808. The van der Waals surface area contributed by atoms with E-state index < -0.39 is 0 Å². The molecule has 0 bridgehead atoms. The number of pyridine rings is 1. The Morgan fingerprint density at radius 1 is 1.47 bits per heavy atom. The van der Waals surface area contributed by atoms with Crippen LogP contribution in [0.25, 0.3) is 5.82 Å². The maximum absolute atomic E-state index is 5.70. The van der Waals surface area contributed by atoms with Crippen LogP contribution in [0.15, 0.2) is 24.9 Å². The highest BCUT2D eigenvalue weighted by Crippen LogP contribution is 2.15. The SMILES string of the molecule is CCCc1cc(N)cnc1-n1cncn1. The molecule has 0 spiro atoms. The third kappa shape index (κ3) is 1.96. The van der Waals surface area contributed by atoms with Crippen molar-refractivity contribution in [3.63, 3.8) is 0 Å². The second-order valence-corrected chi connectivity index (χ2v) is 3.34. The van der Waals surface area contributed by atoms with E-state index in [1.807, 2.05) is 6.07 Å². The standard InChI is InChI=1S/C10H13N5/c1-2-3-8-4-9(11)5-13-10(8)15-7-12-6-14-15/h4-7H,2-3,11H2,1H3. The number of anilines is 1. The van der Waals surface area contributed by atoms with E-state index in [0.29, 0.717) is 5.69 Å². The highest BCUT2D eigenvalue weighted by Gasteiger charge is 2.06. The number of aryl methyl sites for hydroxylation is 1. The van der Waals surface area contributed by atoms with Crippen LogP contribution in [0.4, 0.5) is 5.69 Å². The number of rotatable bonds is 3. The first kappa shape index (κ1) is 9.64. The predicted octanol–water partition coefficient (Wildman–Crippen LogP) is 1.20. The van der Waals surface area contributed by atoms with Gasteiger partial charge in [0.15, 0.2) is 5.82 Å². The molecule has 0 radical (unpaired) electrons. The van der Waals surface area contributed by atoms with Gasteiger partial charge in [-0.15, -0.1) is 0 Å². The zero-order valence-electron chi connectivity index (χ0n) is 8.59. The Balaban J connectivity index is 2.46. The molecule has 0 saturated heterocycles. The molecule has 0 aliphatic rings. The van der Waals surface area contributed by atoms with Crippen molar-refractivity contribution in [3.8, 4) is 5.82 Å². The second-order valence-electron chi connectivity index (χ2n) is 3.34. The van der Waals surface area contributed by atoms with Crippen LogP contribution in [0, 0.1) is 0 Å². The minimum Gasteiger partial charge on any atom is -0.397 e. The molecule has 0 aliphatic carbocycles. The molecule has 0 saturated carbocycles. The largest absolute Gasteiger partial charge is 0.397 e. The molecule has 2 aromatic heterocycles. The van der Waals surface area contributed by atoms with E-state index in [1.54, 1.807) is 17.2 Å². The van der Waals surface area contributed by atoms with Gasteiger partial charge in [-0.05, 0) is 18.1 Å². The van der Waals surface area contributed by atoms with Crippen molar-refractivity contribution >= 4 is 5.69 Å². The summed E-state index contributed by atoms with van der Waals surface area (Å²) in [5.74, 6) is 0.809. The normalized spacial score (nSPS) is 10.5. The summed E-state index contributed by atoms with van der Waals surface area (Å²) < 4.78 is 1.66. The summed E-state index contributed by atoms with van der Waals surface area (Å²) >= 11 is 0. The maximum atomic E-state index is 5.70. The first-order valence-corrected chi connectivity index (χ1v) is 4.90. The van der Waals surface area contributed by atoms with E-state index in [9.17, 15) is 0 Å². The summed E-state index contributed by atoms with van der Waals surface area (Å²) in [6, 6.07) is 1.94. The van der Waals surface area contributed by atoms with Crippen molar-refractivity contribution in [2.45, 2.75) is 19.8 Å². The second kappa shape index (κ2) is 4.08. The van der Waals surface area contributed by atoms with Gasteiger partial charge in [0.2, 0.25) is 0 Å². The van der Waals surface area contributed by atoms with Crippen LogP contribution >= 0.6 is 0 Å². The van der Waals surface area contributed by atoms with Crippen molar-refractivity contribution in [1.82, 2.24) is 19.7 Å². The van der Waals surface area contributed by atoms with Gasteiger partial charge in [0.1, 0.15) is 12.7 Å². The highest BCUT2D eigenvalue weighted by atomic mass is 15.3. The monoisotopic (exact) mass is 203 g/mol. The fourth-order valence-corrected chi connectivity index (χ4v) is 1.50. The number of aromatic nitrogens is 4. The number of hydrogen-bond donors (Lipinski definition) is 1. The lowest BCUT2D eigenvalue weighted by Crippen LogP contribution is -2.04. The molecule has 2 N–H and O–H groups in total. The minimum absolute atomic E-state index is 0.683. The van der Waals surface area contributed by atoms with E-state index in [-0.39, 0.29) is 0 Å². The minimum atomic E-state index is 0.683. The highest BCUT2D eigenvalue weighted by molar-refractivity contribution is 5.45. The van der Waals surface area contributed by atoms with Crippen molar-refractivity contribution < 1.29 is 0 Å². The number of nitrogens with two attached hydrogens (primary N) is 1. The summed E-state index contributed by atoms with van der Waals surface area (Å²) in [5, 5.41) is 4.06. The molecule has 5 heteroatoms. The molecule has 5 nitrogen and oxygen atoms in total. The Morgan fingerprint density at radius 2 is 2.33 bits per heavy atom. The fraction of sp³-hybridized carbons (Fsp3) is 0.300. The molecule has 0 atom stereocenters. The van der Waals surface area contributed by atoms with Gasteiger partial charge in [-0.25, -0.2) is 14.6 Å². The fourth-order valence-electron chi connectivity index (χ4n) is 1.50. The van der Waals surface area contributed by atoms with E-state index in [1.165, 1.54) is 6.33 Å². The summed E-state index contributed by atoms with van der Waals surface area (Å²) in [6.45, 7) is 2.12. The zero-order valence-corrected chi connectivity index (χ0v) is 8.59. The molecule has 0 aliphatic heterocycles. The first-order chi connectivity index (χ1) is 7.31. The summed E-state index contributed by atoms with van der Waals surface area (Å²) in [4.78, 5) is 8.18. The molecule has 0 unspecified atom stereocenters. The van der Waals surface area contributed by atoms with E-state index in [0.717, 1.165) is 24.2 Å².